The van der Waals surface area contributed by atoms with Gasteiger partial charge in [0.15, 0.2) is 0 Å². The first-order chi connectivity index (χ1) is 6.90. The first kappa shape index (κ1) is 9.87. The lowest BCUT2D eigenvalue weighted by Crippen LogP contribution is -2.30. The molecule has 76 valence electrons. The van der Waals surface area contributed by atoms with E-state index >= 15 is 0 Å². The SMILES string of the molecule is CNc1ccccc1SNC1CCC1. The molecular formula is C11H16N2S. The second-order valence-electron chi connectivity index (χ2n) is 3.59. The zero-order chi connectivity index (χ0) is 9.80. The van der Waals surface area contributed by atoms with E-state index in [0.29, 0.717) is 0 Å². The molecule has 0 bridgehead atoms. The van der Waals surface area contributed by atoms with Crippen LogP contribution in [0.1, 0.15) is 19.3 Å². The molecule has 0 spiro atoms. The summed E-state index contributed by atoms with van der Waals surface area (Å²) in [5.74, 6) is 0. The molecule has 0 atom stereocenters. The molecule has 1 saturated carbocycles. The van der Waals surface area contributed by atoms with E-state index in [1.54, 1.807) is 11.9 Å². The fourth-order valence-corrected chi connectivity index (χ4v) is 2.39. The van der Waals surface area contributed by atoms with Crippen LogP contribution in [0, 0.1) is 0 Å². The highest BCUT2D eigenvalue weighted by Gasteiger charge is 2.17. The summed E-state index contributed by atoms with van der Waals surface area (Å²) in [5.41, 5.74) is 1.20. The van der Waals surface area contributed by atoms with Crippen LogP contribution in [0.3, 0.4) is 0 Å². The summed E-state index contributed by atoms with van der Waals surface area (Å²) in [5, 5.41) is 3.19. The summed E-state index contributed by atoms with van der Waals surface area (Å²) in [6.07, 6.45) is 4.04. The second kappa shape index (κ2) is 4.71. The number of anilines is 1. The molecule has 3 heteroatoms. The van der Waals surface area contributed by atoms with Crippen molar-refractivity contribution >= 4 is 17.6 Å². The van der Waals surface area contributed by atoms with E-state index in [2.05, 4.69) is 34.3 Å². The van der Waals surface area contributed by atoms with Crippen molar-refractivity contribution < 1.29 is 0 Å². The smallest absolute Gasteiger partial charge is 0.0489 e. The van der Waals surface area contributed by atoms with E-state index in [9.17, 15) is 0 Å². The van der Waals surface area contributed by atoms with Crippen molar-refractivity contribution in [3.63, 3.8) is 0 Å². The van der Waals surface area contributed by atoms with Gasteiger partial charge in [-0.15, -0.1) is 0 Å². The minimum absolute atomic E-state index is 0.727. The van der Waals surface area contributed by atoms with Crippen LogP contribution in [0.25, 0.3) is 0 Å². The molecule has 0 aromatic heterocycles. The van der Waals surface area contributed by atoms with Crippen LogP contribution in [0.4, 0.5) is 5.69 Å². The molecule has 1 aliphatic rings. The normalized spacial score (nSPS) is 16.4. The predicted molar refractivity (Wildman–Crippen MR) is 62.6 cm³/mol. The lowest BCUT2D eigenvalue weighted by Gasteiger charge is -2.26. The molecule has 1 fully saturated rings. The van der Waals surface area contributed by atoms with E-state index < -0.39 is 0 Å². The highest BCUT2D eigenvalue weighted by atomic mass is 32.2. The highest BCUT2D eigenvalue weighted by Crippen LogP contribution is 2.28. The summed E-state index contributed by atoms with van der Waals surface area (Å²) >= 11 is 1.74. The molecule has 0 radical (unpaired) electrons. The van der Waals surface area contributed by atoms with Gasteiger partial charge in [0, 0.05) is 23.7 Å². The number of rotatable bonds is 4. The van der Waals surface area contributed by atoms with Crippen molar-refractivity contribution in [1.29, 1.82) is 0 Å². The number of benzene rings is 1. The van der Waals surface area contributed by atoms with Gasteiger partial charge < -0.3 is 5.32 Å². The van der Waals surface area contributed by atoms with E-state index in [-0.39, 0.29) is 0 Å². The Bertz CT molecular complexity index is 297. The Morgan fingerprint density at radius 3 is 2.71 bits per heavy atom. The largest absolute Gasteiger partial charge is 0.387 e. The van der Waals surface area contributed by atoms with E-state index in [1.807, 2.05) is 7.05 Å². The van der Waals surface area contributed by atoms with Crippen LogP contribution < -0.4 is 10.0 Å². The zero-order valence-corrected chi connectivity index (χ0v) is 9.23. The number of nitrogens with one attached hydrogen (secondary N) is 2. The van der Waals surface area contributed by atoms with Crippen molar-refractivity contribution in [3.8, 4) is 0 Å². The Labute approximate surface area is 89.6 Å². The molecule has 0 saturated heterocycles. The minimum Gasteiger partial charge on any atom is -0.387 e. The standard InChI is InChI=1S/C11H16N2S/c1-12-10-7-2-3-8-11(10)14-13-9-5-4-6-9/h2-3,7-9,12-13H,4-6H2,1H3. The molecule has 0 heterocycles. The van der Waals surface area contributed by atoms with Crippen molar-refractivity contribution in [1.82, 2.24) is 4.72 Å². The Morgan fingerprint density at radius 1 is 1.29 bits per heavy atom. The quantitative estimate of drug-likeness (QED) is 0.744. The summed E-state index contributed by atoms with van der Waals surface area (Å²) < 4.78 is 3.49. The third kappa shape index (κ3) is 2.22. The second-order valence-corrected chi connectivity index (χ2v) is 4.47. The van der Waals surface area contributed by atoms with Gasteiger partial charge in [-0.25, -0.2) is 0 Å². The first-order valence-corrected chi connectivity index (χ1v) is 5.91. The number of hydrogen-bond acceptors (Lipinski definition) is 3. The number of hydrogen-bond donors (Lipinski definition) is 2. The average Bonchev–Trinajstić information content (AvgIpc) is 2.16. The van der Waals surface area contributed by atoms with Gasteiger partial charge in [0.1, 0.15) is 0 Å². The van der Waals surface area contributed by atoms with Crippen molar-refractivity contribution in [2.45, 2.75) is 30.2 Å². The van der Waals surface area contributed by atoms with Crippen molar-refractivity contribution in [2.24, 2.45) is 0 Å². The maximum absolute atomic E-state index is 3.49. The van der Waals surface area contributed by atoms with Gasteiger partial charge in [-0.05, 0) is 36.9 Å². The highest BCUT2D eigenvalue weighted by molar-refractivity contribution is 7.97. The molecule has 2 nitrogen and oxygen atoms in total. The van der Waals surface area contributed by atoms with Crippen LogP contribution in [-0.4, -0.2) is 13.1 Å². The van der Waals surface area contributed by atoms with E-state index in [4.69, 9.17) is 0 Å². The lowest BCUT2D eigenvalue weighted by molar-refractivity contribution is 0.395. The minimum atomic E-state index is 0.727. The molecular weight excluding hydrogens is 192 g/mol. The number of para-hydroxylation sites is 1. The van der Waals surface area contributed by atoms with Gasteiger partial charge in [0.05, 0.1) is 0 Å². The van der Waals surface area contributed by atoms with Crippen molar-refractivity contribution in [3.05, 3.63) is 24.3 Å². The third-order valence-corrected chi connectivity index (χ3v) is 3.62. The molecule has 14 heavy (non-hydrogen) atoms. The molecule has 1 aromatic carbocycles. The molecule has 0 aliphatic heterocycles. The summed E-state index contributed by atoms with van der Waals surface area (Å²) in [4.78, 5) is 1.28. The van der Waals surface area contributed by atoms with E-state index in [1.165, 1.54) is 29.8 Å². The average molecular weight is 208 g/mol. The topological polar surface area (TPSA) is 24.1 Å². The maximum Gasteiger partial charge on any atom is 0.0489 e. The summed E-state index contributed by atoms with van der Waals surface area (Å²) in [7, 11) is 1.96. The molecule has 1 aromatic rings. The van der Waals surface area contributed by atoms with Crippen molar-refractivity contribution in [2.75, 3.05) is 12.4 Å². The molecule has 0 unspecified atom stereocenters. The third-order valence-electron chi connectivity index (χ3n) is 2.60. The van der Waals surface area contributed by atoms with Gasteiger partial charge in [-0.1, -0.05) is 18.6 Å². The van der Waals surface area contributed by atoms with Crippen LogP contribution in [0.2, 0.25) is 0 Å². The van der Waals surface area contributed by atoms with Gasteiger partial charge in [-0.2, -0.15) is 0 Å². The molecule has 0 amide bonds. The maximum atomic E-state index is 3.49. The first-order valence-electron chi connectivity index (χ1n) is 5.09. The fourth-order valence-electron chi connectivity index (χ4n) is 1.44. The fraction of sp³-hybridized carbons (Fsp3) is 0.455. The van der Waals surface area contributed by atoms with Gasteiger partial charge in [0.2, 0.25) is 0 Å². The monoisotopic (exact) mass is 208 g/mol. The Balaban J connectivity index is 1.93. The Hall–Kier alpha value is -0.670. The van der Waals surface area contributed by atoms with Gasteiger partial charge in [0.25, 0.3) is 0 Å². The van der Waals surface area contributed by atoms with Crippen LogP contribution in [0.15, 0.2) is 29.2 Å². The van der Waals surface area contributed by atoms with E-state index in [0.717, 1.165) is 6.04 Å². The molecule has 2 N–H and O–H groups in total. The van der Waals surface area contributed by atoms with Gasteiger partial charge >= 0.3 is 0 Å². The summed E-state index contributed by atoms with van der Waals surface area (Å²) in [6.45, 7) is 0. The lowest BCUT2D eigenvalue weighted by atomic mass is 9.94. The van der Waals surface area contributed by atoms with Crippen LogP contribution in [0.5, 0.6) is 0 Å². The summed E-state index contributed by atoms with van der Waals surface area (Å²) in [6, 6.07) is 9.10. The Morgan fingerprint density at radius 2 is 2.07 bits per heavy atom. The molecule has 2 rings (SSSR count). The zero-order valence-electron chi connectivity index (χ0n) is 8.42. The predicted octanol–water partition coefficient (Wildman–Crippen LogP) is 2.88. The van der Waals surface area contributed by atoms with Crippen LogP contribution >= 0.6 is 11.9 Å². The Kier molecular flexibility index (Phi) is 3.32. The van der Waals surface area contributed by atoms with Gasteiger partial charge in [-0.3, -0.25) is 4.72 Å². The van der Waals surface area contributed by atoms with Crippen LogP contribution in [-0.2, 0) is 0 Å². The molecule has 1 aliphatic carbocycles.